The summed E-state index contributed by atoms with van der Waals surface area (Å²) < 4.78 is 27.7. The van der Waals surface area contributed by atoms with Gasteiger partial charge >= 0.3 is 6.09 Å². The first-order valence-corrected chi connectivity index (χ1v) is 11.4. The highest BCUT2D eigenvalue weighted by Crippen LogP contribution is 2.48. The minimum Gasteiger partial charge on any atom is -0.591 e. The van der Waals surface area contributed by atoms with Crippen molar-refractivity contribution in [2.75, 3.05) is 19.7 Å². The minimum absolute atomic E-state index is 0.0152. The van der Waals surface area contributed by atoms with Gasteiger partial charge in [0, 0.05) is 24.4 Å². The van der Waals surface area contributed by atoms with Crippen LogP contribution in [0.1, 0.15) is 54.4 Å². The van der Waals surface area contributed by atoms with E-state index in [1.165, 1.54) is 0 Å². The van der Waals surface area contributed by atoms with Crippen LogP contribution >= 0.6 is 22.6 Å². The van der Waals surface area contributed by atoms with Crippen LogP contribution in [-0.4, -0.2) is 55.9 Å². The third-order valence-corrected chi connectivity index (χ3v) is 7.27. The predicted octanol–water partition coefficient (Wildman–Crippen LogP) is 3.94. The van der Waals surface area contributed by atoms with Crippen LogP contribution in [0.25, 0.3) is 0 Å². The van der Waals surface area contributed by atoms with Crippen LogP contribution in [0.4, 0.5) is 4.79 Å². The molecule has 2 fully saturated rings. The molecule has 0 radical (unpaired) electrons. The van der Waals surface area contributed by atoms with Gasteiger partial charge in [-0.25, -0.2) is 4.79 Å². The van der Waals surface area contributed by atoms with Crippen LogP contribution in [0.15, 0.2) is 4.40 Å². The summed E-state index contributed by atoms with van der Waals surface area (Å²) >= 11 is 1.02. The average Bonchev–Trinajstić information content (AvgIpc) is 2.79. The fourth-order valence-corrected chi connectivity index (χ4v) is 4.85. The molecule has 0 saturated carbocycles. The maximum Gasteiger partial charge on any atom is 0.410 e. The first-order chi connectivity index (χ1) is 11.8. The molecule has 8 heteroatoms. The third kappa shape index (κ3) is 5.48. The van der Waals surface area contributed by atoms with Crippen molar-refractivity contribution in [3.8, 4) is 0 Å². The number of alkyl halides is 1. The lowest BCUT2D eigenvalue weighted by Gasteiger charge is -2.41. The molecule has 1 unspecified atom stereocenters. The summed E-state index contributed by atoms with van der Waals surface area (Å²) in [6.07, 6.45) is 3.26. The van der Waals surface area contributed by atoms with Crippen LogP contribution in [0.2, 0.25) is 0 Å². The van der Waals surface area contributed by atoms with E-state index in [4.69, 9.17) is 9.47 Å². The van der Waals surface area contributed by atoms with Crippen molar-refractivity contribution >= 4 is 46.3 Å². The normalized spacial score (nSPS) is 27.9. The van der Waals surface area contributed by atoms with Crippen molar-refractivity contribution in [2.45, 2.75) is 68.8 Å². The predicted molar refractivity (Wildman–Crippen MR) is 113 cm³/mol. The van der Waals surface area contributed by atoms with Gasteiger partial charge in [0.05, 0.1) is 12.8 Å². The van der Waals surface area contributed by atoms with Gasteiger partial charge in [-0.05, 0) is 54.4 Å². The standard InChI is InChI=1S/C18H31IN2O4S/c1-16(2,3)25-15(22)21-9-7-18(8-10-21)12-24-14(19)13(18)11-20-26(23)17(4,5)6/h11,13-14H,7-10,12H2,1-6H3/t13-,14-,26?/m1/s1. The number of amides is 1. The van der Waals surface area contributed by atoms with Crippen LogP contribution in [0, 0.1) is 11.3 Å². The van der Waals surface area contributed by atoms with Crippen molar-refractivity contribution in [1.29, 1.82) is 0 Å². The van der Waals surface area contributed by atoms with E-state index in [0.717, 1.165) is 12.8 Å². The maximum absolute atomic E-state index is 12.3. The number of hydrogen-bond acceptors (Lipinski definition) is 5. The van der Waals surface area contributed by atoms with Gasteiger partial charge in [0.1, 0.15) is 25.8 Å². The molecule has 1 spiro atoms. The Hall–Kier alpha value is -0.0600. The third-order valence-electron chi connectivity index (χ3n) is 4.77. The molecule has 2 aliphatic heterocycles. The van der Waals surface area contributed by atoms with E-state index >= 15 is 0 Å². The van der Waals surface area contributed by atoms with E-state index in [1.807, 2.05) is 47.8 Å². The van der Waals surface area contributed by atoms with Gasteiger partial charge < -0.3 is 18.9 Å². The van der Waals surface area contributed by atoms with Crippen molar-refractivity contribution in [2.24, 2.45) is 15.7 Å². The number of carbonyl (C=O) groups is 1. The van der Waals surface area contributed by atoms with Crippen LogP contribution in [-0.2, 0) is 20.8 Å². The SMILES string of the molecule is CC(C)(C)OC(=O)N1CCC2(CC1)CO[C@@H](I)[C@H]2C=N[S+]([O-])C(C)(C)C. The van der Waals surface area contributed by atoms with E-state index in [-0.39, 0.29) is 26.3 Å². The molecule has 1 amide bonds. The van der Waals surface area contributed by atoms with Gasteiger partial charge in [0.15, 0.2) is 0 Å². The summed E-state index contributed by atoms with van der Waals surface area (Å²) in [6, 6.07) is 0. The van der Waals surface area contributed by atoms with E-state index in [0.29, 0.717) is 19.7 Å². The fraction of sp³-hybridized carbons (Fsp3) is 0.889. The van der Waals surface area contributed by atoms with E-state index < -0.39 is 17.0 Å². The average molecular weight is 498 g/mol. The molecule has 26 heavy (non-hydrogen) atoms. The Bertz CT molecular complexity index is 536. The molecule has 2 aliphatic rings. The highest BCUT2D eigenvalue weighted by molar-refractivity contribution is 14.1. The number of likely N-dealkylation sites (tertiary alicyclic amines) is 1. The Morgan fingerprint density at radius 1 is 1.31 bits per heavy atom. The summed E-state index contributed by atoms with van der Waals surface area (Å²) in [5, 5.41) is 0. The quantitative estimate of drug-likeness (QED) is 0.250. The molecule has 0 aromatic carbocycles. The largest absolute Gasteiger partial charge is 0.591 e. The lowest BCUT2D eigenvalue weighted by molar-refractivity contribution is 0.00664. The zero-order valence-electron chi connectivity index (χ0n) is 16.6. The molecule has 0 aromatic rings. The first kappa shape index (κ1) is 22.2. The molecule has 3 atom stereocenters. The molecule has 150 valence electrons. The van der Waals surface area contributed by atoms with Gasteiger partial charge in [-0.3, -0.25) is 0 Å². The van der Waals surface area contributed by atoms with Gasteiger partial charge in [0.25, 0.3) is 0 Å². The van der Waals surface area contributed by atoms with Crippen molar-refractivity contribution in [3.63, 3.8) is 0 Å². The molecule has 0 aliphatic carbocycles. The minimum atomic E-state index is -1.27. The Balaban J connectivity index is 2.03. The number of nitrogens with zero attached hydrogens (tertiary/aromatic N) is 2. The highest BCUT2D eigenvalue weighted by atomic mass is 127. The summed E-state index contributed by atoms with van der Waals surface area (Å²) in [5.41, 5.74) is -0.530. The monoisotopic (exact) mass is 498 g/mol. The second-order valence-electron chi connectivity index (χ2n) is 9.13. The van der Waals surface area contributed by atoms with Crippen LogP contribution in [0.5, 0.6) is 0 Å². The number of ether oxygens (including phenoxy) is 2. The fourth-order valence-electron chi connectivity index (χ4n) is 3.17. The summed E-state index contributed by atoms with van der Waals surface area (Å²) in [5.74, 6) is 0.107. The molecule has 0 aromatic heterocycles. The number of halogens is 1. The van der Waals surface area contributed by atoms with Crippen molar-refractivity contribution in [3.05, 3.63) is 0 Å². The second kappa shape index (κ2) is 8.13. The van der Waals surface area contributed by atoms with E-state index in [2.05, 4.69) is 27.0 Å². The topological polar surface area (TPSA) is 74.2 Å². The Labute approximate surface area is 173 Å². The molecule has 0 N–H and O–H groups in total. The number of carbonyl (C=O) groups excluding carboxylic acids is 1. The Morgan fingerprint density at radius 2 is 1.88 bits per heavy atom. The highest BCUT2D eigenvalue weighted by Gasteiger charge is 2.50. The summed E-state index contributed by atoms with van der Waals surface area (Å²) in [6.45, 7) is 13.3. The van der Waals surface area contributed by atoms with E-state index in [9.17, 15) is 9.35 Å². The Morgan fingerprint density at radius 3 is 2.38 bits per heavy atom. The molecule has 6 nitrogen and oxygen atoms in total. The second-order valence-corrected chi connectivity index (χ2v) is 12.3. The summed E-state index contributed by atoms with van der Waals surface area (Å²) in [4.78, 5) is 14.1. The lowest BCUT2D eigenvalue weighted by atomic mass is 9.71. The number of piperidine rings is 1. The molecule has 2 rings (SSSR count). The first-order valence-electron chi connectivity index (χ1n) is 9.04. The molecule has 2 heterocycles. The van der Waals surface area contributed by atoms with Crippen LogP contribution < -0.4 is 0 Å². The number of rotatable bonds is 2. The van der Waals surface area contributed by atoms with Gasteiger partial charge in [-0.2, -0.15) is 0 Å². The summed E-state index contributed by atoms with van der Waals surface area (Å²) in [7, 11) is 0. The zero-order valence-corrected chi connectivity index (χ0v) is 19.6. The van der Waals surface area contributed by atoms with Gasteiger partial charge in [-0.15, -0.1) is 0 Å². The van der Waals surface area contributed by atoms with Crippen molar-refractivity contribution in [1.82, 2.24) is 4.90 Å². The molecular formula is C18H31IN2O4S. The lowest BCUT2D eigenvalue weighted by Crippen LogP contribution is -2.48. The number of hydrogen-bond donors (Lipinski definition) is 0. The Kier molecular flexibility index (Phi) is 6.95. The van der Waals surface area contributed by atoms with Crippen LogP contribution in [0.3, 0.4) is 0 Å². The molecular weight excluding hydrogens is 467 g/mol. The molecule has 2 saturated heterocycles. The van der Waals surface area contributed by atoms with Crippen molar-refractivity contribution < 1.29 is 18.8 Å². The van der Waals surface area contributed by atoms with E-state index in [1.54, 1.807) is 4.90 Å². The smallest absolute Gasteiger partial charge is 0.410 e. The van der Waals surface area contributed by atoms with Gasteiger partial charge in [-0.1, -0.05) is 27.0 Å². The molecule has 0 bridgehead atoms. The zero-order chi connectivity index (χ0) is 19.8. The maximum atomic E-state index is 12.3. The van der Waals surface area contributed by atoms with Gasteiger partial charge in [0.2, 0.25) is 0 Å².